The molecule has 0 bridgehead atoms. The minimum absolute atomic E-state index is 0.135. The minimum atomic E-state index is -0.697. The summed E-state index contributed by atoms with van der Waals surface area (Å²) in [5, 5.41) is 9.52. The second kappa shape index (κ2) is 6.13. The topological polar surface area (TPSA) is 70.1 Å². The van der Waals surface area contributed by atoms with E-state index in [4.69, 9.17) is 4.74 Å². The Hall–Kier alpha value is -1.76. The van der Waals surface area contributed by atoms with Gasteiger partial charge in [0.05, 0.1) is 30.9 Å². The van der Waals surface area contributed by atoms with E-state index in [1.54, 1.807) is 43.3 Å². The zero-order chi connectivity index (χ0) is 14.7. The van der Waals surface area contributed by atoms with Gasteiger partial charge in [0.2, 0.25) is 0 Å². The number of likely N-dealkylation sites (N-methyl/N-ethyl adjacent to an activating group) is 1. The first kappa shape index (κ1) is 14.6. The van der Waals surface area contributed by atoms with Crippen LogP contribution < -0.4 is 0 Å². The molecule has 0 fully saturated rings. The molecule has 1 aromatic rings. The van der Waals surface area contributed by atoms with Crippen molar-refractivity contribution in [1.29, 1.82) is 0 Å². The molecule has 1 unspecified atom stereocenters. The Morgan fingerprint density at radius 2 is 1.75 bits per heavy atom. The first-order valence-corrected chi connectivity index (χ1v) is 6.40. The van der Waals surface area contributed by atoms with E-state index in [9.17, 15) is 14.7 Å². The van der Waals surface area contributed by atoms with Crippen LogP contribution in [0, 0.1) is 0 Å². The fraction of sp³-hybridized carbons (Fsp3) is 0.429. The molecule has 1 N–H and O–H groups in total. The van der Waals surface area contributed by atoms with Crippen molar-refractivity contribution >= 4 is 11.8 Å². The highest BCUT2D eigenvalue weighted by atomic mass is 16.5. The van der Waals surface area contributed by atoms with Crippen molar-refractivity contribution in [3.63, 3.8) is 0 Å². The van der Waals surface area contributed by atoms with Crippen LogP contribution in [0.2, 0.25) is 0 Å². The third-order valence-corrected chi connectivity index (χ3v) is 3.20. The lowest BCUT2D eigenvalue weighted by Gasteiger charge is -2.19. The van der Waals surface area contributed by atoms with Crippen molar-refractivity contribution in [2.24, 2.45) is 0 Å². The third-order valence-electron chi connectivity index (χ3n) is 3.20. The Balaban J connectivity index is 1.87. The van der Waals surface area contributed by atoms with E-state index < -0.39 is 6.23 Å². The van der Waals surface area contributed by atoms with E-state index >= 15 is 0 Å². The van der Waals surface area contributed by atoms with Crippen LogP contribution in [0.1, 0.15) is 20.7 Å². The average molecular weight is 278 g/mol. The molecule has 2 rings (SSSR count). The van der Waals surface area contributed by atoms with Crippen LogP contribution in [0.25, 0.3) is 0 Å². The van der Waals surface area contributed by atoms with Crippen LogP contribution in [0.15, 0.2) is 24.3 Å². The highest BCUT2D eigenvalue weighted by Crippen LogP contribution is 2.21. The lowest BCUT2D eigenvalue weighted by molar-refractivity contribution is -0.0382. The number of aliphatic hydroxyl groups is 1. The number of benzene rings is 1. The first-order valence-electron chi connectivity index (χ1n) is 6.40. The molecular weight excluding hydrogens is 260 g/mol. The van der Waals surface area contributed by atoms with Crippen LogP contribution >= 0.6 is 0 Å². The summed E-state index contributed by atoms with van der Waals surface area (Å²) in [6.45, 7) is 0.527. The van der Waals surface area contributed by atoms with Crippen LogP contribution in [-0.4, -0.2) is 66.8 Å². The molecule has 20 heavy (non-hydrogen) atoms. The predicted octanol–water partition coefficient (Wildman–Crippen LogP) is 0.179. The third kappa shape index (κ3) is 2.87. The quantitative estimate of drug-likeness (QED) is 0.456. The van der Waals surface area contributed by atoms with E-state index in [0.29, 0.717) is 11.1 Å². The summed E-state index contributed by atoms with van der Waals surface area (Å²) in [4.78, 5) is 26.9. The van der Waals surface area contributed by atoms with E-state index in [1.807, 2.05) is 0 Å². The molecule has 0 saturated heterocycles. The summed E-state index contributed by atoms with van der Waals surface area (Å²) >= 11 is 0. The smallest absolute Gasteiger partial charge is 0.261 e. The Morgan fingerprint density at radius 3 is 2.25 bits per heavy atom. The summed E-state index contributed by atoms with van der Waals surface area (Å²) < 4.78 is 5.28. The number of amides is 2. The summed E-state index contributed by atoms with van der Waals surface area (Å²) in [5.41, 5.74) is 0.872. The molecule has 0 saturated carbocycles. The minimum Gasteiger partial charge on any atom is -0.376 e. The van der Waals surface area contributed by atoms with Crippen molar-refractivity contribution in [3.05, 3.63) is 35.4 Å². The highest BCUT2D eigenvalue weighted by Gasteiger charge is 2.34. The van der Waals surface area contributed by atoms with Crippen LogP contribution in [-0.2, 0) is 4.74 Å². The maximum absolute atomic E-state index is 12.0. The lowest BCUT2D eigenvalue weighted by atomic mass is 10.1. The van der Waals surface area contributed by atoms with E-state index in [-0.39, 0.29) is 31.6 Å². The summed E-state index contributed by atoms with van der Waals surface area (Å²) in [7, 11) is 3.47. The zero-order valence-electron chi connectivity index (χ0n) is 11.6. The second-order valence-corrected chi connectivity index (χ2v) is 4.83. The largest absolute Gasteiger partial charge is 0.376 e. The van der Waals surface area contributed by atoms with Crippen molar-refractivity contribution < 1.29 is 19.4 Å². The van der Waals surface area contributed by atoms with Gasteiger partial charge in [0.15, 0.2) is 0 Å². The normalized spacial score (nSPS) is 15.9. The average Bonchev–Trinajstić information content (AvgIpc) is 2.68. The fourth-order valence-electron chi connectivity index (χ4n) is 1.94. The SMILES string of the molecule is CN(C)C(O)COCCN1C(=O)c2ccccc2C1=O. The van der Waals surface area contributed by atoms with Gasteiger partial charge in [-0.2, -0.15) is 0 Å². The molecule has 0 spiro atoms. The van der Waals surface area contributed by atoms with Gasteiger partial charge in [-0.15, -0.1) is 0 Å². The van der Waals surface area contributed by atoms with Gasteiger partial charge < -0.3 is 9.84 Å². The van der Waals surface area contributed by atoms with Crippen LogP contribution in [0.3, 0.4) is 0 Å². The molecule has 6 nitrogen and oxygen atoms in total. The number of fused-ring (bicyclic) bond motifs is 1. The van der Waals surface area contributed by atoms with Gasteiger partial charge in [-0.25, -0.2) is 0 Å². The molecule has 1 aliphatic rings. The molecule has 0 aliphatic carbocycles. The number of hydrogen-bond acceptors (Lipinski definition) is 5. The number of hydrogen-bond donors (Lipinski definition) is 1. The first-order chi connectivity index (χ1) is 9.52. The lowest BCUT2D eigenvalue weighted by Crippen LogP contribution is -2.35. The number of aliphatic hydroxyl groups excluding tert-OH is 1. The summed E-state index contributed by atoms with van der Waals surface area (Å²) in [6, 6.07) is 6.76. The molecule has 1 heterocycles. The van der Waals surface area contributed by atoms with E-state index in [1.165, 1.54) is 4.90 Å². The number of rotatable bonds is 6. The van der Waals surface area contributed by atoms with Crippen molar-refractivity contribution in [3.8, 4) is 0 Å². The molecule has 1 atom stereocenters. The number of ether oxygens (including phenoxy) is 1. The van der Waals surface area contributed by atoms with Gasteiger partial charge in [-0.05, 0) is 26.2 Å². The Labute approximate surface area is 117 Å². The van der Waals surface area contributed by atoms with Gasteiger partial charge in [0, 0.05) is 0 Å². The maximum atomic E-state index is 12.0. The van der Waals surface area contributed by atoms with Crippen LogP contribution in [0.4, 0.5) is 0 Å². The maximum Gasteiger partial charge on any atom is 0.261 e. The standard InChI is InChI=1S/C14H18N2O4/c1-15(2)12(17)9-20-8-7-16-13(18)10-5-3-4-6-11(10)14(16)19/h3-6,12,17H,7-9H2,1-2H3. The predicted molar refractivity (Wildman–Crippen MR) is 72.3 cm³/mol. The molecular formula is C14H18N2O4. The zero-order valence-corrected chi connectivity index (χ0v) is 11.6. The number of carbonyl (C=O) groups is 2. The van der Waals surface area contributed by atoms with Crippen molar-refractivity contribution in [1.82, 2.24) is 9.80 Å². The molecule has 2 amide bonds. The molecule has 6 heteroatoms. The molecule has 1 aromatic carbocycles. The van der Waals surface area contributed by atoms with Crippen LogP contribution in [0.5, 0.6) is 0 Å². The Kier molecular flexibility index (Phi) is 4.49. The van der Waals surface area contributed by atoms with E-state index in [2.05, 4.69) is 0 Å². The number of imide groups is 1. The molecule has 0 aromatic heterocycles. The van der Waals surface area contributed by atoms with Gasteiger partial charge in [-0.1, -0.05) is 12.1 Å². The fourth-order valence-corrected chi connectivity index (χ4v) is 1.94. The molecule has 0 radical (unpaired) electrons. The monoisotopic (exact) mass is 278 g/mol. The van der Waals surface area contributed by atoms with Gasteiger partial charge in [0.1, 0.15) is 6.23 Å². The highest BCUT2D eigenvalue weighted by molar-refractivity contribution is 6.21. The molecule has 108 valence electrons. The second-order valence-electron chi connectivity index (χ2n) is 4.83. The van der Waals surface area contributed by atoms with Crippen molar-refractivity contribution in [2.75, 3.05) is 33.9 Å². The summed E-state index contributed by atoms with van der Waals surface area (Å²) in [5.74, 6) is -0.579. The van der Waals surface area contributed by atoms with Crippen molar-refractivity contribution in [2.45, 2.75) is 6.23 Å². The van der Waals surface area contributed by atoms with Gasteiger partial charge >= 0.3 is 0 Å². The number of carbonyl (C=O) groups excluding carboxylic acids is 2. The Morgan fingerprint density at radius 1 is 1.20 bits per heavy atom. The summed E-state index contributed by atoms with van der Waals surface area (Å²) in [6.07, 6.45) is -0.697. The van der Waals surface area contributed by atoms with Gasteiger partial charge in [0.25, 0.3) is 11.8 Å². The van der Waals surface area contributed by atoms with E-state index in [0.717, 1.165) is 0 Å². The van der Waals surface area contributed by atoms with Gasteiger partial charge in [-0.3, -0.25) is 19.4 Å². The molecule has 1 aliphatic heterocycles. The number of nitrogens with zero attached hydrogens (tertiary/aromatic N) is 2. The Bertz CT molecular complexity index is 481.